The number of sulfone groups is 1. The first-order valence-electron chi connectivity index (χ1n) is 5.68. The number of rotatable bonds is 4. The number of hydrogen-bond acceptors (Lipinski definition) is 5. The zero-order chi connectivity index (χ0) is 14.0. The number of aromatic carboxylic acids is 1. The maximum absolute atomic E-state index is 11.7. The van der Waals surface area contributed by atoms with Crippen molar-refractivity contribution in [3.05, 3.63) is 23.7 Å². The van der Waals surface area contributed by atoms with E-state index in [1.807, 2.05) is 0 Å². The van der Waals surface area contributed by atoms with Gasteiger partial charge in [-0.3, -0.25) is 4.79 Å². The minimum atomic E-state index is -2.99. The van der Waals surface area contributed by atoms with Crippen molar-refractivity contribution in [2.75, 3.05) is 18.1 Å². The second kappa shape index (κ2) is 5.04. The monoisotopic (exact) mass is 287 g/mol. The number of carboxylic acid groups (broad SMARTS) is 1. The van der Waals surface area contributed by atoms with Crippen LogP contribution in [-0.2, 0) is 9.84 Å². The van der Waals surface area contributed by atoms with Crippen LogP contribution in [0, 0.1) is 5.92 Å². The quantitative estimate of drug-likeness (QED) is 0.814. The molecule has 104 valence electrons. The molecule has 1 aromatic rings. The van der Waals surface area contributed by atoms with Crippen LogP contribution in [0.1, 0.15) is 27.3 Å². The molecule has 0 aromatic carbocycles. The van der Waals surface area contributed by atoms with E-state index in [1.165, 1.54) is 6.07 Å². The summed E-state index contributed by atoms with van der Waals surface area (Å²) in [6.45, 7) is 0.192. The van der Waals surface area contributed by atoms with E-state index in [9.17, 15) is 18.0 Å². The predicted octanol–water partition coefficient (Wildman–Crippen LogP) is 0.142. The smallest absolute Gasteiger partial charge is 0.339 e. The van der Waals surface area contributed by atoms with Gasteiger partial charge in [-0.05, 0) is 18.4 Å². The summed E-state index contributed by atoms with van der Waals surface area (Å²) >= 11 is 0. The molecular weight excluding hydrogens is 274 g/mol. The predicted molar refractivity (Wildman–Crippen MR) is 64.8 cm³/mol. The highest BCUT2D eigenvalue weighted by molar-refractivity contribution is 7.91. The maximum atomic E-state index is 11.7. The largest absolute Gasteiger partial charge is 0.478 e. The van der Waals surface area contributed by atoms with Crippen LogP contribution in [0.25, 0.3) is 0 Å². The lowest BCUT2D eigenvalue weighted by Gasteiger charge is -2.08. The average molecular weight is 287 g/mol. The first kappa shape index (κ1) is 13.6. The highest BCUT2D eigenvalue weighted by Crippen LogP contribution is 2.18. The van der Waals surface area contributed by atoms with Crippen molar-refractivity contribution in [2.24, 2.45) is 5.92 Å². The zero-order valence-corrected chi connectivity index (χ0v) is 10.8. The van der Waals surface area contributed by atoms with E-state index in [0.717, 1.165) is 6.26 Å². The standard InChI is InChI=1S/C11H13NO6S/c13-10(9-8(11(14)15)1-3-18-9)12-5-7-2-4-19(16,17)6-7/h1,3,7H,2,4-6H2,(H,12,13)(H,14,15). The fourth-order valence-corrected chi connectivity index (χ4v) is 3.87. The van der Waals surface area contributed by atoms with E-state index >= 15 is 0 Å². The molecule has 8 heteroatoms. The van der Waals surface area contributed by atoms with E-state index in [2.05, 4.69) is 5.32 Å². The van der Waals surface area contributed by atoms with Gasteiger partial charge in [0, 0.05) is 6.54 Å². The van der Waals surface area contributed by atoms with Crippen molar-refractivity contribution in [3.8, 4) is 0 Å². The molecule has 1 atom stereocenters. The summed E-state index contributed by atoms with van der Waals surface area (Å²) in [4.78, 5) is 22.5. The summed E-state index contributed by atoms with van der Waals surface area (Å²) in [5.74, 6) is -2.11. The Kier molecular flexibility index (Phi) is 3.61. The van der Waals surface area contributed by atoms with E-state index in [1.54, 1.807) is 0 Å². The van der Waals surface area contributed by atoms with Gasteiger partial charge in [0.1, 0.15) is 5.56 Å². The third-order valence-corrected chi connectivity index (χ3v) is 4.82. The third-order valence-electron chi connectivity index (χ3n) is 2.98. The van der Waals surface area contributed by atoms with Crippen LogP contribution in [0.4, 0.5) is 0 Å². The molecular formula is C11H13NO6S. The molecule has 1 fully saturated rings. The maximum Gasteiger partial charge on any atom is 0.339 e. The summed E-state index contributed by atoms with van der Waals surface area (Å²) in [5.41, 5.74) is -0.212. The van der Waals surface area contributed by atoms with E-state index in [0.29, 0.717) is 6.42 Å². The summed E-state index contributed by atoms with van der Waals surface area (Å²) in [6, 6.07) is 1.19. The Hall–Kier alpha value is -1.83. The van der Waals surface area contributed by atoms with Gasteiger partial charge in [-0.1, -0.05) is 0 Å². The van der Waals surface area contributed by atoms with Crippen molar-refractivity contribution in [2.45, 2.75) is 6.42 Å². The summed E-state index contributed by atoms with van der Waals surface area (Å²) in [7, 11) is -2.99. The Morgan fingerprint density at radius 2 is 2.21 bits per heavy atom. The number of furan rings is 1. The highest BCUT2D eigenvalue weighted by Gasteiger charge is 2.29. The first-order valence-corrected chi connectivity index (χ1v) is 7.50. The second-order valence-electron chi connectivity index (χ2n) is 4.45. The first-order chi connectivity index (χ1) is 8.89. The normalized spacial score (nSPS) is 21.2. The van der Waals surface area contributed by atoms with Crippen molar-refractivity contribution in [1.82, 2.24) is 5.32 Å². The molecule has 1 unspecified atom stereocenters. The van der Waals surface area contributed by atoms with E-state index < -0.39 is 21.7 Å². The molecule has 0 saturated carbocycles. The SMILES string of the molecule is O=C(O)c1ccoc1C(=O)NCC1CCS(=O)(=O)C1. The fraction of sp³-hybridized carbons (Fsp3) is 0.455. The van der Waals surface area contributed by atoms with Crippen LogP contribution in [0.2, 0.25) is 0 Å². The molecule has 1 amide bonds. The fourth-order valence-electron chi connectivity index (χ4n) is 2.00. The van der Waals surface area contributed by atoms with Gasteiger partial charge in [0.15, 0.2) is 9.84 Å². The third kappa shape index (κ3) is 3.14. The van der Waals surface area contributed by atoms with Crippen LogP contribution in [0.15, 0.2) is 16.7 Å². The molecule has 0 aliphatic carbocycles. The Morgan fingerprint density at radius 1 is 1.47 bits per heavy atom. The number of nitrogens with one attached hydrogen (secondary N) is 1. The molecule has 0 bridgehead atoms. The lowest BCUT2D eigenvalue weighted by atomic mass is 10.1. The number of carboxylic acids is 1. The van der Waals surface area contributed by atoms with Gasteiger partial charge in [-0.2, -0.15) is 0 Å². The van der Waals surface area contributed by atoms with E-state index in [4.69, 9.17) is 9.52 Å². The van der Waals surface area contributed by atoms with Crippen molar-refractivity contribution >= 4 is 21.7 Å². The van der Waals surface area contributed by atoms with Gasteiger partial charge < -0.3 is 14.8 Å². The number of hydrogen-bond donors (Lipinski definition) is 2. The number of amides is 1. The van der Waals surface area contributed by atoms with Gasteiger partial charge in [0.05, 0.1) is 17.8 Å². The zero-order valence-electron chi connectivity index (χ0n) is 9.96. The Bertz CT molecular complexity index is 602. The van der Waals surface area contributed by atoms with Gasteiger partial charge >= 0.3 is 5.97 Å². The number of carbonyl (C=O) groups excluding carboxylic acids is 1. The molecule has 1 aliphatic rings. The molecule has 2 rings (SSSR count). The highest BCUT2D eigenvalue weighted by atomic mass is 32.2. The summed E-state index contributed by atoms with van der Waals surface area (Å²) in [6.07, 6.45) is 1.63. The molecule has 2 N–H and O–H groups in total. The van der Waals surface area contributed by atoms with Crippen LogP contribution in [0.5, 0.6) is 0 Å². The van der Waals surface area contributed by atoms with Crippen LogP contribution >= 0.6 is 0 Å². The lowest BCUT2D eigenvalue weighted by molar-refractivity contribution is 0.0687. The Morgan fingerprint density at radius 3 is 2.79 bits per heavy atom. The lowest BCUT2D eigenvalue weighted by Crippen LogP contribution is -2.30. The molecule has 2 heterocycles. The Labute approximate surface area is 109 Å². The molecule has 1 aliphatic heterocycles. The number of carbonyl (C=O) groups is 2. The average Bonchev–Trinajstić information content (AvgIpc) is 2.92. The van der Waals surface area contributed by atoms with Crippen LogP contribution in [0.3, 0.4) is 0 Å². The minimum Gasteiger partial charge on any atom is -0.478 e. The minimum absolute atomic E-state index is 0.0528. The molecule has 1 saturated heterocycles. The second-order valence-corrected chi connectivity index (χ2v) is 6.68. The molecule has 0 radical (unpaired) electrons. The van der Waals surface area contributed by atoms with Gasteiger partial charge in [-0.15, -0.1) is 0 Å². The van der Waals surface area contributed by atoms with Gasteiger partial charge in [-0.25, -0.2) is 13.2 Å². The van der Waals surface area contributed by atoms with Crippen molar-refractivity contribution < 1.29 is 27.5 Å². The Balaban J connectivity index is 1.95. The van der Waals surface area contributed by atoms with E-state index in [-0.39, 0.29) is 35.3 Å². The summed E-state index contributed by atoms with van der Waals surface area (Å²) in [5, 5.41) is 11.3. The topological polar surface area (TPSA) is 114 Å². The summed E-state index contributed by atoms with van der Waals surface area (Å²) < 4.78 is 27.3. The van der Waals surface area contributed by atoms with Crippen LogP contribution in [-0.4, -0.2) is 43.5 Å². The molecule has 0 spiro atoms. The van der Waals surface area contributed by atoms with Crippen molar-refractivity contribution in [3.63, 3.8) is 0 Å². The van der Waals surface area contributed by atoms with Crippen LogP contribution < -0.4 is 5.32 Å². The van der Waals surface area contributed by atoms with Gasteiger partial charge in [0.25, 0.3) is 5.91 Å². The molecule has 7 nitrogen and oxygen atoms in total. The van der Waals surface area contributed by atoms with Gasteiger partial charge in [0.2, 0.25) is 5.76 Å². The molecule has 19 heavy (non-hydrogen) atoms. The van der Waals surface area contributed by atoms with Crippen molar-refractivity contribution in [1.29, 1.82) is 0 Å². The molecule has 1 aromatic heterocycles.